The number of thiazole rings is 1. The molecule has 6 nitrogen and oxygen atoms in total. The Bertz CT molecular complexity index is 966. The Kier molecular flexibility index (Phi) is 5.55. The highest BCUT2D eigenvalue weighted by atomic mass is 79.9. The molecule has 0 aliphatic heterocycles. The molecule has 3 aromatic rings. The Morgan fingerprint density at radius 2 is 1.85 bits per heavy atom. The predicted octanol–water partition coefficient (Wildman–Crippen LogP) is 5.13. The fourth-order valence-corrected chi connectivity index (χ4v) is 3.10. The molecule has 0 fully saturated rings. The molecule has 1 aromatic heterocycles. The molecule has 1 heterocycles. The molecule has 0 spiro atoms. The largest absolute Gasteiger partial charge is 0.298 e. The number of aromatic nitrogens is 1. The molecule has 0 saturated heterocycles. The summed E-state index contributed by atoms with van der Waals surface area (Å²) < 4.78 is 0.987. The van der Waals surface area contributed by atoms with Gasteiger partial charge in [0.15, 0.2) is 5.13 Å². The van der Waals surface area contributed by atoms with Gasteiger partial charge in [0.25, 0.3) is 5.69 Å². The fourth-order valence-electron chi connectivity index (χ4n) is 2.11. The normalized spacial score (nSPS) is 10.8. The first-order chi connectivity index (χ1) is 12.5. The third kappa shape index (κ3) is 4.62. The van der Waals surface area contributed by atoms with E-state index in [-0.39, 0.29) is 11.6 Å². The van der Waals surface area contributed by atoms with E-state index in [1.807, 2.05) is 29.6 Å². The maximum Gasteiger partial charge on any atom is 0.269 e. The lowest BCUT2D eigenvalue weighted by molar-refractivity contribution is -0.384. The average molecular weight is 430 g/mol. The minimum Gasteiger partial charge on any atom is -0.298 e. The van der Waals surface area contributed by atoms with Crippen LogP contribution in [-0.2, 0) is 4.79 Å². The van der Waals surface area contributed by atoms with Crippen LogP contribution in [-0.4, -0.2) is 15.8 Å². The molecule has 8 heteroatoms. The highest BCUT2D eigenvalue weighted by molar-refractivity contribution is 9.10. The monoisotopic (exact) mass is 429 g/mol. The standard InChI is InChI=1S/C18H12BrN3O3S/c19-14-6-4-13(5-7-14)16-11-26-18(20-16)21-17(23)10-3-12-1-8-15(9-2-12)22(24)25/h1-11H,(H,20,21,23). The lowest BCUT2D eigenvalue weighted by Crippen LogP contribution is -2.07. The maximum atomic E-state index is 12.0. The van der Waals surface area contributed by atoms with E-state index in [4.69, 9.17) is 0 Å². The van der Waals surface area contributed by atoms with Crippen LogP contribution in [0.1, 0.15) is 5.56 Å². The number of carbonyl (C=O) groups is 1. The number of hydrogen-bond acceptors (Lipinski definition) is 5. The van der Waals surface area contributed by atoms with E-state index in [0.717, 1.165) is 15.7 Å². The third-order valence-corrected chi connectivity index (χ3v) is 4.69. The Morgan fingerprint density at radius 1 is 1.15 bits per heavy atom. The number of nitro groups is 1. The van der Waals surface area contributed by atoms with Gasteiger partial charge < -0.3 is 0 Å². The molecule has 0 atom stereocenters. The molecular weight excluding hydrogens is 418 g/mol. The Hall–Kier alpha value is -2.84. The molecule has 1 N–H and O–H groups in total. The topological polar surface area (TPSA) is 85.1 Å². The lowest BCUT2D eigenvalue weighted by Gasteiger charge is -1.98. The van der Waals surface area contributed by atoms with Gasteiger partial charge >= 0.3 is 0 Å². The van der Waals surface area contributed by atoms with Crippen LogP contribution in [0.5, 0.6) is 0 Å². The van der Waals surface area contributed by atoms with E-state index >= 15 is 0 Å². The predicted molar refractivity (Wildman–Crippen MR) is 106 cm³/mol. The van der Waals surface area contributed by atoms with Gasteiger partial charge in [0, 0.05) is 33.6 Å². The minimum atomic E-state index is -0.467. The van der Waals surface area contributed by atoms with Crippen LogP contribution in [0.2, 0.25) is 0 Å². The van der Waals surface area contributed by atoms with Crippen molar-refractivity contribution in [3.8, 4) is 11.3 Å². The second kappa shape index (κ2) is 8.03. The highest BCUT2D eigenvalue weighted by Gasteiger charge is 2.07. The third-order valence-electron chi connectivity index (χ3n) is 3.41. The van der Waals surface area contributed by atoms with Gasteiger partial charge in [0.1, 0.15) is 0 Å². The molecule has 0 bridgehead atoms. The molecule has 3 rings (SSSR count). The first-order valence-corrected chi connectivity index (χ1v) is 9.13. The highest BCUT2D eigenvalue weighted by Crippen LogP contribution is 2.26. The second-order valence-corrected chi connectivity index (χ2v) is 6.99. The number of non-ortho nitro benzene ring substituents is 1. The summed E-state index contributed by atoms with van der Waals surface area (Å²) >= 11 is 4.73. The summed E-state index contributed by atoms with van der Waals surface area (Å²) in [7, 11) is 0. The van der Waals surface area contributed by atoms with Gasteiger partial charge in [-0.15, -0.1) is 11.3 Å². The van der Waals surface area contributed by atoms with Crippen LogP contribution < -0.4 is 5.32 Å². The van der Waals surface area contributed by atoms with Gasteiger partial charge in [0.2, 0.25) is 5.91 Å². The number of nitro benzene ring substituents is 1. The summed E-state index contributed by atoms with van der Waals surface area (Å²) in [6.07, 6.45) is 2.95. The van der Waals surface area contributed by atoms with Crippen LogP contribution in [0.25, 0.3) is 17.3 Å². The average Bonchev–Trinajstić information content (AvgIpc) is 3.09. The van der Waals surface area contributed by atoms with Gasteiger partial charge in [0.05, 0.1) is 10.6 Å². The number of benzene rings is 2. The lowest BCUT2D eigenvalue weighted by atomic mass is 10.2. The van der Waals surface area contributed by atoms with Gasteiger partial charge in [-0.05, 0) is 35.9 Å². The smallest absolute Gasteiger partial charge is 0.269 e. The summed E-state index contributed by atoms with van der Waals surface area (Å²) in [5, 5.41) is 15.7. The first kappa shape index (κ1) is 18.0. The van der Waals surface area contributed by atoms with Crippen LogP contribution in [0.15, 0.2) is 64.5 Å². The number of halogens is 1. The van der Waals surface area contributed by atoms with Crippen molar-refractivity contribution < 1.29 is 9.72 Å². The number of nitrogens with zero attached hydrogens (tertiary/aromatic N) is 2. The molecule has 1 amide bonds. The van der Waals surface area contributed by atoms with Crippen molar-refractivity contribution in [2.45, 2.75) is 0 Å². The number of carbonyl (C=O) groups excluding carboxylic acids is 1. The summed E-state index contributed by atoms with van der Waals surface area (Å²) in [6, 6.07) is 13.7. The van der Waals surface area contributed by atoms with E-state index in [1.165, 1.54) is 29.5 Å². The van der Waals surface area contributed by atoms with E-state index < -0.39 is 4.92 Å². The zero-order valence-electron chi connectivity index (χ0n) is 13.3. The van der Waals surface area contributed by atoms with Crippen molar-refractivity contribution in [2.24, 2.45) is 0 Å². The Labute approximate surface area is 161 Å². The van der Waals surface area contributed by atoms with Gasteiger partial charge in [-0.25, -0.2) is 4.98 Å². The van der Waals surface area contributed by atoms with Crippen LogP contribution in [0.4, 0.5) is 10.8 Å². The second-order valence-electron chi connectivity index (χ2n) is 5.22. The van der Waals surface area contributed by atoms with Crippen molar-refractivity contribution in [2.75, 3.05) is 5.32 Å². The number of nitrogens with one attached hydrogen (secondary N) is 1. The van der Waals surface area contributed by atoms with Crippen molar-refractivity contribution >= 4 is 50.1 Å². The Balaban J connectivity index is 1.63. The molecule has 0 radical (unpaired) electrons. The number of anilines is 1. The van der Waals surface area contributed by atoms with Crippen LogP contribution in [0, 0.1) is 10.1 Å². The summed E-state index contributed by atoms with van der Waals surface area (Å²) in [5.74, 6) is -0.319. The summed E-state index contributed by atoms with van der Waals surface area (Å²) in [4.78, 5) is 26.6. The molecule has 0 aliphatic rings. The molecule has 0 saturated carbocycles. The van der Waals surface area contributed by atoms with E-state index in [0.29, 0.717) is 10.7 Å². The zero-order chi connectivity index (χ0) is 18.5. The van der Waals surface area contributed by atoms with Gasteiger partial charge in [-0.1, -0.05) is 28.1 Å². The van der Waals surface area contributed by atoms with Crippen LogP contribution in [0.3, 0.4) is 0 Å². The van der Waals surface area contributed by atoms with E-state index in [1.54, 1.807) is 18.2 Å². The molecular formula is C18H12BrN3O3S. The maximum absolute atomic E-state index is 12.0. The fraction of sp³-hybridized carbons (Fsp3) is 0. The number of amides is 1. The van der Waals surface area contributed by atoms with Crippen molar-refractivity contribution in [1.29, 1.82) is 0 Å². The first-order valence-electron chi connectivity index (χ1n) is 7.46. The molecule has 130 valence electrons. The minimum absolute atomic E-state index is 0.00913. The molecule has 26 heavy (non-hydrogen) atoms. The van der Waals surface area contributed by atoms with E-state index in [9.17, 15) is 14.9 Å². The number of hydrogen-bond donors (Lipinski definition) is 1. The SMILES string of the molecule is O=C(C=Cc1ccc([N+](=O)[O-])cc1)Nc1nc(-c2ccc(Br)cc2)cs1. The molecule has 0 aliphatic carbocycles. The molecule has 0 unspecified atom stereocenters. The van der Waals surface area contributed by atoms with Crippen LogP contribution >= 0.6 is 27.3 Å². The van der Waals surface area contributed by atoms with Crippen molar-refractivity contribution in [3.63, 3.8) is 0 Å². The quantitative estimate of drug-likeness (QED) is 0.345. The van der Waals surface area contributed by atoms with E-state index in [2.05, 4.69) is 26.2 Å². The summed E-state index contributed by atoms with van der Waals surface area (Å²) in [6.45, 7) is 0. The summed E-state index contributed by atoms with van der Waals surface area (Å²) in [5.41, 5.74) is 2.46. The van der Waals surface area contributed by atoms with Crippen molar-refractivity contribution in [1.82, 2.24) is 4.98 Å². The molecule has 2 aromatic carbocycles. The zero-order valence-corrected chi connectivity index (χ0v) is 15.7. The van der Waals surface area contributed by atoms with Gasteiger partial charge in [-0.3, -0.25) is 20.2 Å². The van der Waals surface area contributed by atoms with Gasteiger partial charge in [-0.2, -0.15) is 0 Å². The number of rotatable bonds is 5. The van der Waals surface area contributed by atoms with Crippen molar-refractivity contribution in [3.05, 3.63) is 80.1 Å². The Morgan fingerprint density at radius 3 is 2.50 bits per heavy atom.